The molecule has 1 atom stereocenters. The predicted octanol–water partition coefficient (Wildman–Crippen LogP) is 9.59. The van der Waals surface area contributed by atoms with Gasteiger partial charge in [0.2, 0.25) is 5.12 Å². The van der Waals surface area contributed by atoms with Crippen molar-refractivity contribution in [2.75, 3.05) is 6.61 Å². The molecule has 0 N–H and O–H groups in total. The molecule has 0 bridgehead atoms. The Morgan fingerprint density at radius 1 is 0.650 bits per heavy atom. The van der Waals surface area contributed by atoms with Gasteiger partial charge in [-0.2, -0.15) is 0 Å². The van der Waals surface area contributed by atoms with Gasteiger partial charge in [-0.05, 0) is 61.6 Å². The predicted molar refractivity (Wildman–Crippen MR) is 168 cm³/mol. The number of benzene rings is 6. The minimum absolute atomic E-state index is 0.0146. The van der Waals surface area contributed by atoms with Gasteiger partial charge in [-0.1, -0.05) is 129 Å². The molecule has 0 radical (unpaired) electrons. The quantitative estimate of drug-likeness (QED) is 0.142. The molecule has 0 amide bonds. The molecular weight excluding hydrogens is 512 g/mol. The molecule has 0 fully saturated rings. The smallest absolute Gasteiger partial charge is 0.339 e. The number of unbranched alkanes of at least 4 members (excludes halogenated alkanes) is 1. The van der Waals surface area contributed by atoms with E-state index in [1.54, 1.807) is 0 Å². The van der Waals surface area contributed by atoms with Crippen molar-refractivity contribution in [1.82, 2.24) is 0 Å². The van der Waals surface area contributed by atoms with Gasteiger partial charge in [0.05, 0.1) is 5.56 Å². The average molecular weight is 543 g/mol. The first-order chi connectivity index (χ1) is 19.6. The molecule has 4 heteroatoms. The topological polar surface area (TPSA) is 43.4 Å². The fourth-order valence-electron chi connectivity index (χ4n) is 5.53. The van der Waals surface area contributed by atoms with Crippen molar-refractivity contribution in [3.63, 3.8) is 0 Å². The number of carbonyl (C=O) groups is 2. The van der Waals surface area contributed by atoms with E-state index < -0.39 is 0 Å². The van der Waals surface area contributed by atoms with Gasteiger partial charge in [0.25, 0.3) is 0 Å². The molecule has 3 nitrogen and oxygen atoms in total. The molecule has 6 aromatic rings. The standard InChI is InChI=1S/C36H30O3S/c1-2-3-16-28(40-36(38)34-31-19-10-6-14-26(31)22-27-15-7-11-20-32(27)34)23-39-35(37)33-29-17-8-4-12-24(29)21-25-13-5-9-18-30(25)33/h4-15,17-22,28H,2-3,16,23H2,1H3/t28-/m0/s1. The maximum atomic E-state index is 13.9. The second kappa shape index (κ2) is 11.5. The summed E-state index contributed by atoms with van der Waals surface area (Å²) in [7, 11) is 0. The minimum atomic E-state index is -0.349. The van der Waals surface area contributed by atoms with Crippen LogP contribution in [0.2, 0.25) is 0 Å². The molecule has 40 heavy (non-hydrogen) atoms. The Bertz CT molecular complexity index is 1770. The summed E-state index contributed by atoms with van der Waals surface area (Å²) < 4.78 is 6.00. The highest BCUT2D eigenvalue weighted by molar-refractivity contribution is 8.14. The Morgan fingerprint density at radius 3 is 1.52 bits per heavy atom. The first-order valence-corrected chi connectivity index (χ1v) is 14.7. The van der Waals surface area contributed by atoms with Crippen LogP contribution in [0.1, 0.15) is 46.9 Å². The molecule has 0 saturated heterocycles. The van der Waals surface area contributed by atoms with Crippen LogP contribution in [0, 0.1) is 0 Å². The zero-order chi connectivity index (χ0) is 27.5. The number of rotatable bonds is 8. The molecule has 0 unspecified atom stereocenters. The van der Waals surface area contributed by atoms with Crippen molar-refractivity contribution in [3.8, 4) is 0 Å². The Hall–Kier alpha value is -4.15. The number of fused-ring (bicyclic) bond motifs is 4. The minimum Gasteiger partial charge on any atom is -0.461 e. The van der Waals surface area contributed by atoms with Crippen LogP contribution in [0.25, 0.3) is 43.1 Å². The van der Waals surface area contributed by atoms with Crippen LogP contribution in [-0.2, 0) is 4.74 Å². The Morgan fingerprint density at radius 2 is 1.07 bits per heavy atom. The van der Waals surface area contributed by atoms with E-state index in [0.29, 0.717) is 5.56 Å². The van der Waals surface area contributed by atoms with Crippen LogP contribution < -0.4 is 0 Å². The van der Waals surface area contributed by atoms with Gasteiger partial charge in [0, 0.05) is 10.8 Å². The van der Waals surface area contributed by atoms with E-state index in [0.717, 1.165) is 67.9 Å². The molecule has 0 spiro atoms. The summed E-state index contributed by atoms with van der Waals surface area (Å²) in [5.41, 5.74) is 1.31. The van der Waals surface area contributed by atoms with E-state index >= 15 is 0 Å². The van der Waals surface area contributed by atoms with Crippen molar-refractivity contribution in [2.24, 2.45) is 0 Å². The average Bonchev–Trinajstić information content (AvgIpc) is 2.99. The molecule has 6 rings (SSSR count). The number of hydrogen-bond acceptors (Lipinski definition) is 4. The van der Waals surface area contributed by atoms with Crippen molar-refractivity contribution < 1.29 is 14.3 Å². The normalized spacial score (nSPS) is 12.2. The molecule has 0 aromatic heterocycles. The van der Waals surface area contributed by atoms with E-state index in [-0.39, 0.29) is 22.9 Å². The fourth-order valence-corrected chi connectivity index (χ4v) is 6.59. The maximum Gasteiger partial charge on any atom is 0.339 e. The van der Waals surface area contributed by atoms with E-state index in [1.807, 2.05) is 97.1 Å². The third kappa shape index (κ3) is 5.07. The lowest BCUT2D eigenvalue weighted by Crippen LogP contribution is -2.19. The van der Waals surface area contributed by atoms with Crippen molar-refractivity contribution in [3.05, 3.63) is 120 Å². The Labute approximate surface area is 238 Å². The number of esters is 1. The van der Waals surface area contributed by atoms with Crippen molar-refractivity contribution in [2.45, 2.75) is 31.4 Å². The van der Waals surface area contributed by atoms with Crippen LogP contribution in [0.15, 0.2) is 109 Å². The summed E-state index contributed by atoms with van der Waals surface area (Å²) >= 11 is 1.30. The molecule has 198 valence electrons. The largest absolute Gasteiger partial charge is 0.461 e. The summed E-state index contributed by atoms with van der Waals surface area (Å²) in [6, 6.07) is 36.1. The summed E-state index contributed by atoms with van der Waals surface area (Å²) in [5.74, 6) is -0.349. The van der Waals surface area contributed by atoms with Gasteiger partial charge in [0.15, 0.2) is 0 Å². The zero-order valence-corrected chi connectivity index (χ0v) is 23.2. The van der Waals surface area contributed by atoms with E-state index in [4.69, 9.17) is 4.74 Å². The lowest BCUT2D eigenvalue weighted by molar-refractivity contribution is 0.0507. The van der Waals surface area contributed by atoms with Crippen LogP contribution in [0.4, 0.5) is 0 Å². The fraction of sp³-hybridized carbons (Fsp3) is 0.167. The molecule has 0 aliphatic rings. The summed E-state index contributed by atoms with van der Waals surface area (Å²) in [5, 5.41) is 7.63. The van der Waals surface area contributed by atoms with Gasteiger partial charge in [-0.25, -0.2) is 4.79 Å². The van der Waals surface area contributed by atoms with Crippen LogP contribution in [0.5, 0.6) is 0 Å². The first kappa shape index (κ1) is 26.1. The highest BCUT2D eigenvalue weighted by atomic mass is 32.2. The second-order valence-corrected chi connectivity index (χ2v) is 11.4. The van der Waals surface area contributed by atoms with E-state index in [1.165, 1.54) is 11.8 Å². The van der Waals surface area contributed by atoms with Gasteiger partial charge in [-0.15, -0.1) is 0 Å². The number of thioether (sulfide) groups is 1. The van der Waals surface area contributed by atoms with Gasteiger partial charge >= 0.3 is 5.97 Å². The maximum absolute atomic E-state index is 13.9. The number of ether oxygens (including phenoxy) is 1. The second-order valence-electron chi connectivity index (χ2n) is 10.2. The highest BCUT2D eigenvalue weighted by Crippen LogP contribution is 2.34. The molecule has 6 aromatic carbocycles. The number of hydrogen-bond donors (Lipinski definition) is 0. The van der Waals surface area contributed by atoms with Crippen LogP contribution >= 0.6 is 11.8 Å². The Balaban J connectivity index is 1.30. The molecule has 0 aliphatic carbocycles. The molecule has 0 saturated carbocycles. The van der Waals surface area contributed by atoms with Crippen LogP contribution in [-0.4, -0.2) is 22.9 Å². The van der Waals surface area contributed by atoms with Crippen molar-refractivity contribution >= 4 is 65.9 Å². The highest BCUT2D eigenvalue weighted by Gasteiger charge is 2.23. The van der Waals surface area contributed by atoms with Crippen molar-refractivity contribution in [1.29, 1.82) is 0 Å². The summed E-state index contributed by atoms with van der Waals surface area (Å²) in [4.78, 5) is 27.6. The number of carbonyl (C=O) groups excluding carboxylic acids is 2. The van der Waals surface area contributed by atoms with E-state index in [9.17, 15) is 9.59 Å². The monoisotopic (exact) mass is 542 g/mol. The zero-order valence-electron chi connectivity index (χ0n) is 22.4. The third-order valence-electron chi connectivity index (χ3n) is 7.50. The molecule has 0 aliphatic heterocycles. The lowest BCUT2D eigenvalue weighted by Gasteiger charge is -2.18. The van der Waals surface area contributed by atoms with Crippen LogP contribution in [0.3, 0.4) is 0 Å². The first-order valence-electron chi connectivity index (χ1n) is 13.8. The summed E-state index contributed by atoms with van der Waals surface area (Å²) in [6.07, 6.45) is 2.75. The van der Waals surface area contributed by atoms with Gasteiger partial charge < -0.3 is 4.74 Å². The molecular formula is C36H30O3S. The summed E-state index contributed by atoms with van der Waals surface area (Å²) in [6.45, 7) is 2.31. The molecule has 0 heterocycles. The SMILES string of the molecule is CCCC[C@@H](COC(=O)c1c2ccccc2cc2ccccc12)SC(=O)c1c2ccccc2cc2ccccc12. The third-order valence-corrected chi connectivity index (χ3v) is 8.63. The Kier molecular flexibility index (Phi) is 7.52. The van der Waals surface area contributed by atoms with Gasteiger partial charge in [-0.3, -0.25) is 4.79 Å². The van der Waals surface area contributed by atoms with E-state index in [2.05, 4.69) is 19.1 Å². The van der Waals surface area contributed by atoms with Gasteiger partial charge in [0.1, 0.15) is 6.61 Å². The lowest BCUT2D eigenvalue weighted by atomic mass is 9.97.